The summed E-state index contributed by atoms with van der Waals surface area (Å²) in [6.07, 6.45) is 4.09. The second-order valence-corrected chi connectivity index (χ2v) is 8.53. The number of nitrogens with zero attached hydrogens (tertiary/aromatic N) is 3. The van der Waals surface area contributed by atoms with Gasteiger partial charge in [0.15, 0.2) is 5.69 Å². The zero-order valence-corrected chi connectivity index (χ0v) is 16.8. The van der Waals surface area contributed by atoms with Gasteiger partial charge in [-0.15, -0.1) is 11.3 Å². The molecule has 0 saturated carbocycles. The average Bonchev–Trinajstić information content (AvgIpc) is 3.35. The van der Waals surface area contributed by atoms with Crippen LogP contribution in [0, 0.1) is 12.8 Å². The molecule has 0 spiro atoms. The summed E-state index contributed by atoms with van der Waals surface area (Å²) in [6.45, 7) is 4.89. The Morgan fingerprint density at radius 3 is 2.76 bits per heavy atom. The third-order valence-electron chi connectivity index (χ3n) is 5.48. The van der Waals surface area contributed by atoms with Crippen LogP contribution in [0.5, 0.6) is 0 Å². The van der Waals surface area contributed by atoms with E-state index in [9.17, 15) is 4.79 Å². The lowest BCUT2D eigenvalue weighted by Gasteiger charge is -2.43. The van der Waals surface area contributed by atoms with Gasteiger partial charge in [0.05, 0.1) is 5.52 Å². The summed E-state index contributed by atoms with van der Waals surface area (Å²) < 4.78 is 5.85. The van der Waals surface area contributed by atoms with Crippen LogP contribution in [0.4, 0.5) is 0 Å². The molecule has 152 valence electrons. The number of aromatic amines is 1. The van der Waals surface area contributed by atoms with E-state index in [-0.39, 0.29) is 18.5 Å². The number of carboxylic acid groups (broad SMARTS) is 1. The number of benzene rings is 1. The van der Waals surface area contributed by atoms with Crippen LogP contribution in [-0.4, -0.2) is 63.4 Å². The zero-order chi connectivity index (χ0) is 20.4. The quantitative estimate of drug-likeness (QED) is 0.501. The molecule has 0 unspecified atom stereocenters. The average molecular weight is 414 g/mol. The number of hydrogen-bond acceptors (Lipinski definition) is 7. The first-order chi connectivity index (χ1) is 14.1. The Hall–Kier alpha value is -2.78. The molecule has 0 amide bonds. The van der Waals surface area contributed by atoms with E-state index in [4.69, 9.17) is 14.6 Å². The summed E-state index contributed by atoms with van der Waals surface area (Å²) in [5.74, 6) is 0.158. The van der Waals surface area contributed by atoms with Crippen molar-refractivity contribution in [2.24, 2.45) is 5.92 Å². The molecule has 2 bridgehead atoms. The van der Waals surface area contributed by atoms with Crippen molar-refractivity contribution in [3.8, 4) is 10.6 Å². The Balaban J connectivity index is 0.000000645. The highest BCUT2D eigenvalue weighted by molar-refractivity contribution is 7.14. The van der Waals surface area contributed by atoms with Crippen molar-refractivity contribution in [1.82, 2.24) is 20.1 Å². The van der Waals surface area contributed by atoms with Crippen LogP contribution in [0.3, 0.4) is 0 Å². The number of carbonyl (C=O) groups excluding carboxylic acids is 1. The molecule has 2 N–H and O–H groups in total. The third kappa shape index (κ3) is 4.01. The van der Waals surface area contributed by atoms with Crippen LogP contribution in [0.25, 0.3) is 21.5 Å². The van der Waals surface area contributed by atoms with Gasteiger partial charge in [-0.25, -0.2) is 9.78 Å². The Kier molecular flexibility index (Phi) is 5.59. The summed E-state index contributed by atoms with van der Waals surface area (Å²) in [5, 5.41) is 15.8. The van der Waals surface area contributed by atoms with Gasteiger partial charge in [0.1, 0.15) is 11.1 Å². The van der Waals surface area contributed by atoms with E-state index >= 15 is 0 Å². The number of aromatic nitrogens is 3. The number of carbonyl (C=O) groups is 2. The molecule has 8 nitrogen and oxygen atoms in total. The number of aryl methyl sites for hydroxylation is 1. The molecule has 3 aromatic rings. The van der Waals surface area contributed by atoms with Gasteiger partial charge >= 0.3 is 5.97 Å². The van der Waals surface area contributed by atoms with E-state index in [0.29, 0.717) is 11.6 Å². The Morgan fingerprint density at radius 1 is 1.38 bits per heavy atom. The molecule has 0 aliphatic carbocycles. The number of rotatable bonds is 3. The van der Waals surface area contributed by atoms with Gasteiger partial charge in [0, 0.05) is 28.6 Å². The lowest BCUT2D eigenvalue weighted by atomic mass is 9.86. The normalized spacial score (nSPS) is 22.7. The fourth-order valence-corrected chi connectivity index (χ4v) is 4.79. The fraction of sp³-hybridized carbons (Fsp3) is 0.400. The molecule has 3 aliphatic rings. The number of fused-ring (bicyclic) bond motifs is 4. The topological polar surface area (TPSA) is 108 Å². The second kappa shape index (κ2) is 8.30. The smallest absolute Gasteiger partial charge is 0.359 e. The van der Waals surface area contributed by atoms with E-state index in [1.54, 1.807) is 11.3 Å². The van der Waals surface area contributed by atoms with Crippen molar-refractivity contribution in [1.29, 1.82) is 0 Å². The third-order valence-corrected chi connectivity index (χ3v) is 6.44. The lowest BCUT2D eigenvalue weighted by molar-refractivity contribution is -0.122. The first-order valence-electron chi connectivity index (χ1n) is 9.51. The predicted octanol–water partition coefficient (Wildman–Crippen LogP) is 2.95. The standard InChI is InChI=1S/C19H20N4O2S.CH2O2/c1-11-9-20-18(26-11)13-2-3-15-14(8-13)17(22-21-15)19(24)25-16-10-23-6-4-12(16)5-7-23;2-1-3/h2-3,8-9,12,16H,4-7,10H2,1H3,(H,21,22);1H,(H,2,3)/t16-;/m0./s1. The van der Waals surface area contributed by atoms with Gasteiger partial charge in [-0.2, -0.15) is 5.10 Å². The van der Waals surface area contributed by atoms with Crippen LogP contribution in [0.1, 0.15) is 28.2 Å². The van der Waals surface area contributed by atoms with E-state index in [1.165, 1.54) is 0 Å². The monoisotopic (exact) mass is 414 g/mol. The number of hydrogen-bond donors (Lipinski definition) is 2. The number of ether oxygens (including phenoxy) is 1. The van der Waals surface area contributed by atoms with Gasteiger partial charge in [0.25, 0.3) is 6.47 Å². The van der Waals surface area contributed by atoms with Crippen LogP contribution >= 0.6 is 11.3 Å². The summed E-state index contributed by atoms with van der Waals surface area (Å²) in [6, 6.07) is 5.92. The highest BCUT2D eigenvalue weighted by Crippen LogP contribution is 2.32. The van der Waals surface area contributed by atoms with Crippen molar-refractivity contribution in [2.75, 3.05) is 19.6 Å². The molecule has 2 aromatic heterocycles. The SMILES string of the molecule is Cc1cnc(-c2ccc3[nH]nc(C(=O)O[C@H]4CN5CCC4CC5)c3c2)s1.O=CO. The van der Waals surface area contributed by atoms with Crippen LogP contribution in [0.15, 0.2) is 24.4 Å². The Morgan fingerprint density at radius 2 is 2.14 bits per heavy atom. The zero-order valence-electron chi connectivity index (χ0n) is 16.0. The van der Waals surface area contributed by atoms with Gasteiger partial charge in [0.2, 0.25) is 0 Å². The molecular weight excluding hydrogens is 392 g/mol. The van der Waals surface area contributed by atoms with Crippen LogP contribution < -0.4 is 0 Å². The van der Waals surface area contributed by atoms with Gasteiger partial charge in [-0.1, -0.05) is 0 Å². The minimum atomic E-state index is -0.331. The van der Waals surface area contributed by atoms with Crippen molar-refractivity contribution in [3.05, 3.63) is 35.0 Å². The number of esters is 1. The van der Waals surface area contributed by atoms with Crippen molar-refractivity contribution < 1.29 is 19.4 Å². The van der Waals surface area contributed by atoms with Crippen LogP contribution in [0.2, 0.25) is 0 Å². The molecule has 1 atom stereocenters. The number of H-pyrrole nitrogens is 1. The molecule has 5 heterocycles. The molecule has 0 radical (unpaired) electrons. The van der Waals surface area contributed by atoms with Gasteiger partial charge < -0.3 is 9.84 Å². The molecule has 3 saturated heterocycles. The summed E-state index contributed by atoms with van der Waals surface area (Å²) >= 11 is 1.64. The summed E-state index contributed by atoms with van der Waals surface area (Å²) in [5.41, 5.74) is 2.20. The maximum Gasteiger partial charge on any atom is 0.359 e. The van der Waals surface area contributed by atoms with Crippen LogP contribution in [-0.2, 0) is 9.53 Å². The summed E-state index contributed by atoms with van der Waals surface area (Å²) in [4.78, 5) is 29.1. The van der Waals surface area contributed by atoms with E-state index in [0.717, 1.165) is 58.8 Å². The first kappa shape index (κ1) is 19.5. The minimum Gasteiger partial charge on any atom is -0.483 e. The lowest BCUT2D eigenvalue weighted by Crippen LogP contribution is -2.51. The van der Waals surface area contributed by atoms with Gasteiger partial charge in [-0.05, 0) is 57.0 Å². The van der Waals surface area contributed by atoms with Crippen molar-refractivity contribution in [2.45, 2.75) is 25.9 Å². The number of nitrogens with one attached hydrogen (secondary N) is 1. The van der Waals surface area contributed by atoms with Crippen molar-refractivity contribution >= 4 is 34.7 Å². The van der Waals surface area contributed by atoms with E-state index in [2.05, 4.69) is 20.1 Å². The Labute approximate surface area is 171 Å². The Bertz CT molecular complexity index is 1020. The highest BCUT2D eigenvalue weighted by atomic mass is 32.1. The molecule has 1 aromatic carbocycles. The molecular formula is C20H22N4O4S. The van der Waals surface area contributed by atoms with Gasteiger partial charge in [-0.3, -0.25) is 14.8 Å². The highest BCUT2D eigenvalue weighted by Gasteiger charge is 2.37. The molecule has 9 heteroatoms. The molecule has 6 rings (SSSR count). The predicted molar refractivity (Wildman–Crippen MR) is 109 cm³/mol. The first-order valence-corrected chi connectivity index (χ1v) is 10.3. The number of piperidine rings is 3. The van der Waals surface area contributed by atoms with Crippen molar-refractivity contribution in [3.63, 3.8) is 0 Å². The summed E-state index contributed by atoms with van der Waals surface area (Å²) in [7, 11) is 0. The minimum absolute atomic E-state index is 0.0125. The van der Waals surface area contributed by atoms with E-state index in [1.807, 2.05) is 31.3 Å². The molecule has 3 aliphatic heterocycles. The number of thiazole rings is 1. The molecule has 29 heavy (non-hydrogen) atoms. The molecule has 3 fully saturated rings. The maximum absolute atomic E-state index is 12.8. The van der Waals surface area contributed by atoms with E-state index < -0.39 is 0 Å². The largest absolute Gasteiger partial charge is 0.483 e. The second-order valence-electron chi connectivity index (χ2n) is 7.30. The fourth-order valence-electron chi connectivity index (χ4n) is 4.03. The maximum atomic E-state index is 12.8.